The molecule has 2 aliphatic carbocycles. The molecule has 7 rings (SSSR count). The molecule has 1 atom stereocenters. The van der Waals surface area contributed by atoms with Crippen molar-refractivity contribution in [2.45, 2.75) is 95.2 Å². The molecular weight excluding hydrogens is 579 g/mol. The molecule has 4 aromatic rings. The van der Waals surface area contributed by atoms with Gasteiger partial charge in [0.25, 0.3) is 17.4 Å². The summed E-state index contributed by atoms with van der Waals surface area (Å²) in [6, 6.07) is 6.28. The lowest BCUT2D eigenvalue weighted by Gasteiger charge is -2.47. The molecule has 4 heterocycles. The van der Waals surface area contributed by atoms with Crippen LogP contribution in [0.1, 0.15) is 102 Å². The van der Waals surface area contributed by atoms with E-state index in [1.54, 1.807) is 32.0 Å². The number of aliphatic hydroxyl groups excluding tert-OH is 1. The van der Waals surface area contributed by atoms with Gasteiger partial charge < -0.3 is 15.2 Å². The summed E-state index contributed by atoms with van der Waals surface area (Å²) in [7, 11) is 0. The largest absolute Gasteiger partial charge is 0.487 e. The number of H-pyrrole nitrogens is 1. The molecule has 45 heavy (non-hydrogen) atoms. The van der Waals surface area contributed by atoms with Gasteiger partial charge in [0.1, 0.15) is 22.9 Å². The topological polar surface area (TPSA) is 153 Å². The first-order valence-corrected chi connectivity index (χ1v) is 15.7. The number of benzene rings is 1. The Morgan fingerprint density at radius 2 is 1.91 bits per heavy atom. The lowest BCUT2D eigenvalue weighted by Crippen LogP contribution is -2.48. The number of aromatic nitrogens is 7. The fourth-order valence-electron chi connectivity index (χ4n) is 7.10. The molecule has 1 aromatic carbocycles. The number of carbonyl (C=O) groups is 1. The molecule has 0 unspecified atom stereocenters. The lowest BCUT2D eigenvalue weighted by atomic mass is 9.73. The Morgan fingerprint density at radius 3 is 2.60 bits per heavy atom. The molecule has 236 valence electrons. The van der Waals surface area contributed by atoms with Gasteiger partial charge in [-0.25, -0.2) is 19.0 Å². The summed E-state index contributed by atoms with van der Waals surface area (Å²) in [4.78, 5) is 35.3. The van der Waals surface area contributed by atoms with Crippen molar-refractivity contribution in [2.75, 3.05) is 6.61 Å². The van der Waals surface area contributed by atoms with Crippen LogP contribution >= 0.6 is 0 Å². The summed E-state index contributed by atoms with van der Waals surface area (Å²) in [6.07, 6.45) is 8.94. The maximum absolute atomic E-state index is 14.2. The Morgan fingerprint density at radius 1 is 1.16 bits per heavy atom. The minimum absolute atomic E-state index is 0.0314. The summed E-state index contributed by atoms with van der Waals surface area (Å²) in [5, 5.41) is 24.6. The number of hydrogen-bond acceptors (Lipinski definition) is 8. The number of rotatable bonds is 7. The fraction of sp³-hybridized carbons (Fsp3) is 0.500. The number of aryl methyl sites for hydroxylation is 2. The van der Waals surface area contributed by atoms with Gasteiger partial charge in [0.15, 0.2) is 0 Å². The molecule has 0 radical (unpaired) electrons. The second-order valence-electron chi connectivity index (χ2n) is 12.7. The number of nitrogens with zero attached hydrogens (tertiary/aromatic N) is 6. The average Bonchev–Trinajstić information content (AvgIpc) is 3.61. The number of hydrogen-bond donors (Lipinski definition) is 3. The molecule has 1 spiro atoms. The van der Waals surface area contributed by atoms with E-state index in [4.69, 9.17) is 4.74 Å². The highest BCUT2D eigenvalue weighted by Gasteiger charge is 2.46. The molecule has 3 N–H and O–H groups in total. The highest BCUT2D eigenvalue weighted by molar-refractivity contribution is 5.94. The number of fused-ring (bicyclic) bond motifs is 1. The Hall–Kier alpha value is -4.39. The van der Waals surface area contributed by atoms with E-state index in [0.29, 0.717) is 11.4 Å². The summed E-state index contributed by atoms with van der Waals surface area (Å²) < 4.78 is 23.6. The van der Waals surface area contributed by atoms with Gasteiger partial charge >= 0.3 is 0 Å². The maximum atomic E-state index is 14.2. The number of aliphatic hydroxyl groups is 1. The third-order valence-corrected chi connectivity index (χ3v) is 9.56. The highest BCUT2D eigenvalue weighted by atomic mass is 19.1. The number of ether oxygens (including phenoxy) is 1. The molecule has 2 saturated carbocycles. The zero-order valence-electron chi connectivity index (χ0n) is 25.4. The molecule has 1 amide bonds. The SMILES string of the molecule is Cc1cc(C)nc(-n2[nH]c(C(=O)NC3CCC(c4cn([C@@H]5CC6(CCC6)Oc6ccc(F)cc65)nn4)CC3)c(CCO)c2=O)n1. The van der Waals surface area contributed by atoms with Gasteiger partial charge in [-0.1, -0.05) is 5.21 Å². The van der Waals surface area contributed by atoms with Crippen LogP contribution in [-0.4, -0.2) is 64.0 Å². The lowest BCUT2D eigenvalue weighted by molar-refractivity contribution is -0.0379. The normalized spacial score (nSPS) is 22.0. The van der Waals surface area contributed by atoms with Crippen molar-refractivity contribution in [3.05, 3.63) is 80.5 Å². The minimum Gasteiger partial charge on any atom is -0.487 e. The Kier molecular flexibility index (Phi) is 7.50. The number of carbonyl (C=O) groups excluding carboxylic acids is 1. The molecule has 0 bridgehead atoms. The summed E-state index contributed by atoms with van der Waals surface area (Å²) in [5.74, 6) is 0.366. The molecular formula is C32H37FN8O4. The van der Waals surface area contributed by atoms with Crippen LogP contribution in [0.2, 0.25) is 0 Å². The van der Waals surface area contributed by atoms with Crippen LogP contribution in [0.3, 0.4) is 0 Å². The first-order chi connectivity index (χ1) is 21.7. The van der Waals surface area contributed by atoms with Crippen LogP contribution in [0.4, 0.5) is 4.39 Å². The third kappa shape index (κ3) is 5.54. The van der Waals surface area contributed by atoms with Gasteiger partial charge in [0, 0.05) is 54.6 Å². The van der Waals surface area contributed by atoms with E-state index in [1.807, 2.05) is 10.9 Å². The van der Waals surface area contributed by atoms with E-state index >= 15 is 0 Å². The summed E-state index contributed by atoms with van der Waals surface area (Å²) >= 11 is 0. The van der Waals surface area contributed by atoms with Crippen LogP contribution in [0.15, 0.2) is 35.3 Å². The summed E-state index contributed by atoms with van der Waals surface area (Å²) in [5.41, 5.74) is 2.72. The van der Waals surface area contributed by atoms with E-state index in [9.17, 15) is 19.1 Å². The zero-order chi connectivity index (χ0) is 31.3. The molecule has 3 aromatic heterocycles. The van der Waals surface area contributed by atoms with E-state index in [-0.39, 0.29) is 59.7 Å². The second kappa shape index (κ2) is 11.5. The monoisotopic (exact) mass is 616 g/mol. The molecule has 3 aliphatic rings. The highest BCUT2D eigenvalue weighted by Crippen LogP contribution is 2.50. The van der Waals surface area contributed by atoms with Gasteiger partial charge in [-0.15, -0.1) is 5.10 Å². The van der Waals surface area contributed by atoms with Gasteiger partial charge in [0.05, 0.1) is 17.3 Å². The number of halogens is 1. The van der Waals surface area contributed by atoms with Crippen LogP contribution in [0.25, 0.3) is 5.95 Å². The minimum atomic E-state index is -0.455. The van der Waals surface area contributed by atoms with Gasteiger partial charge in [-0.3, -0.25) is 14.7 Å². The van der Waals surface area contributed by atoms with Gasteiger partial charge in [-0.05, 0) is 83.1 Å². The zero-order valence-corrected chi connectivity index (χ0v) is 25.4. The number of nitrogens with one attached hydrogen (secondary N) is 2. The van der Waals surface area contributed by atoms with Crippen molar-refractivity contribution in [3.8, 4) is 11.7 Å². The molecule has 2 fully saturated rings. The maximum Gasteiger partial charge on any atom is 0.277 e. The van der Waals surface area contributed by atoms with Crippen molar-refractivity contribution >= 4 is 5.91 Å². The number of amides is 1. The molecule has 12 nitrogen and oxygen atoms in total. The van der Waals surface area contributed by atoms with Gasteiger partial charge in [0.2, 0.25) is 0 Å². The average molecular weight is 617 g/mol. The molecule has 0 saturated heterocycles. The first-order valence-electron chi connectivity index (χ1n) is 15.7. The van der Waals surface area contributed by atoms with Crippen molar-refractivity contribution in [1.82, 2.24) is 40.1 Å². The van der Waals surface area contributed by atoms with E-state index in [1.165, 1.54) is 6.07 Å². The van der Waals surface area contributed by atoms with E-state index in [0.717, 1.165) is 73.1 Å². The summed E-state index contributed by atoms with van der Waals surface area (Å²) in [6.45, 7) is 3.34. The van der Waals surface area contributed by atoms with Crippen LogP contribution in [0, 0.1) is 19.7 Å². The van der Waals surface area contributed by atoms with Crippen LogP contribution in [0.5, 0.6) is 5.75 Å². The van der Waals surface area contributed by atoms with Gasteiger partial charge in [-0.2, -0.15) is 4.68 Å². The first kappa shape index (κ1) is 29.3. The smallest absolute Gasteiger partial charge is 0.277 e. The molecule has 13 heteroatoms. The second-order valence-corrected chi connectivity index (χ2v) is 12.7. The van der Waals surface area contributed by atoms with E-state index < -0.39 is 11.5 Å². The van der Waals surface area contributed by atoms with E-state index in [2.05, 4.69) is 30.7 Å². The van der Waals surface area contributed by atoms with Crippen molar-refractivity contribution in [3.63, 3.8) is 0 Å². The van der Waals surface area contributed by atoms with Crippen LogP contribution in [-0.2, 0) is 6.42 Å². The fourth-order valence-corrected chi connectivity index (χ4v) is 7.10. The Balaban J connectivity index is 1.03. The molecule has 1 aliphatic heterocycles. The quantitative estimate of drug-likeness (QED) is 0.285. The Bertz CT molecular complexity index is 1780. The third-order valence-electron chi connectivity index (χ3n) is 9.56. The predicted molar refractivity (Wildman–Crippen MR) is 161 cm³/mol. The predicted octanol–water partition coefficient (Wildman–Crippen LogP) is 3.59. The van der Waals surface area contributed by atoms with Crippen molar-refractivity contribution in [2.24, 2.45) is 0 Å². The van der Waals surface area contributed by atoms with Crippen molar-refractivity contribution < 1.29 is 19.0 Å². The van der Waals surface area contributed by atoms with Crippen molar-refractivity contribution in [1.29, 1.82) is 0 Å². The standard InChI is InChI=1S/C32H37FN8O4/c1-18-14-19(2)35-31(34-18)41-30(44)23(10-13-42)28(38-41)29(43)36-22-7-4-20(5-8-22)25-17-40(39-37-25)26-16-32(11-3-12-32)45-27-9-6-21(33)15-24(26)27/h6,9,14-15,17,20,22,26,38,42H,3-5,7-8,10-13,16H2,1-2H3,(H,36,43)/t20?,22?,26-/m1/s1. The Labute approximate surface area is 259 Å². The van der Waals surface area contributed by atoms with Crippen LogP contribution < -0.4 is 15.6 Å². The number of aromatic amines is 1.